The highest BCUT2D eigenvalue weighted by Crippen LogP contribution is 2.33. The maximum atomic E-state index is 12.0. The SMILES string of the molecule is CC(=O)CC(=O)N1CCCC1c1cccc(Cl)c1. The van der Waals surface area contributed by atoms with Crippen LogP contribution in [-0.2, 0) is 9.59 Å². The number of nitrogens with zero attached hydrogens (tertiary/aromatic N) is 1. The minimum atomic E-state index is -0.0863. The molecule has 18 heavy (non-hydrogen) atoms. The van der Waals surface area contributed by atoms with E-state index in [1.54, 1.807) is 4.90 Å². The highest BCUT2D eigenvalue weighted by Gasteiger charge is 2.30. The van der Waals surface area contributed by atoms with Crippen molar-refractivity contribution in [3.8, 4) is 0 Å². The number of hydrogen-bond acceptors (Lipinski definition) is 2. The topological polar surface area (TPSA) is 37.4 Å². The molecule has 3 nitrogen and oxygen atoms in total. The summed E-state index contributed by atoms with van der Waals surface area (Å²) in [5.74, 6) is -0.165. The van der Waals surface area contributed by atoms with Gasteiger partial charge in [0.2, 0.25) is 5.91 Å². The second-order valence-corrected chi connectivity index (χ2v) is 5.12. The fourth-order valence-electron chi connectivity index (χ4n) is 2.44. The van der Waals surface area contributed by atoms with Gasteiger partial charge in [0.25, 0.3) is 0 Å². The Bertz CT molecular complexity index is 473. The summed E-state index contributed by atoms with van der Waals surface area (Å²) in [6, 6.07) is 7.66. The molecule has 96 valence electrons. The molecule has 0 spiro atoms. The number of hydrogen-bond donors (Lipinski definition) is 0. The number of rotatable bonds is 3. The molecule has 1 aliphatic heterocycles. The van der Waals surface area contributed by atoms with Crippen molar-refractivity contribution in [2.75, 3.05) is 6.54 Å². The summed E-state index contributed by atoms with van der Waals surface area (Å²) in [4.78, 5) is 24.8. The van der Waals surface area contributed by atoms with E-state index in [1.807, 2.05) is 24.3 Å². The molecule has 1 heterocycles. The number of ketones is 1. The van der Waals surface area contributed by atoms with Gasteiger partial charge < -0.3 is 4.90 Å². The Balaban J connectivity index is 2.17. The third kappa shape index (κ3) is 2.91. The van der Waals surface area contributed by atoms with Crippen molar-refractivity contribution in [2.24, 2.45) is 0 Å². The summed E-state index contributed by atoms with van der Waals surface area (Å²) in [7, 11) is 0. The molecule has 0 aliphatic carbocycles. The lowest BCUT2D eigenvalue weighted by atomic mass is 10.0. The summed E-state index contributed by atoms with van der Waals surface area (Å²) in [6.45, 7) is 2.17. The molecule has 0 radical (unpaired) electrons. The van der Waals surface area contributed by atoms with Gasteiger partial charge in [-0.25, -0.2) is 0 Å². The molecular formula is C14H16ClNO2. The van der Waals surface area contributed by atoms with Crippen LogP contribution in [-0.4, -0.2) is 23.1 Å². The van der Waals surface area contributed by atoms with Crippen LogP contribution in [0.1, 0.15) is 37.8 Å². The lowest BCUT2D eigenvalue weighted by Gasteiger charge is -2.25. The first-order chi connectivity index (χ1) is 8.58. The van der Waals surface area contributed by atoms with Gasteiger partial charge in [0.15, 0.2) is 0 Å². The zero-order valence-corrected chi connectivity index (χ0v) is 11.1. The van der Waals surface area contributed by atoms with Crippen LogP contribution in [0.2, 0.25) is 5.02 Å². The van der Waals surface area contributed by atoms with Gasteiger partial charge in [0.05, 0.1) is 12.5 Å². The van der Waals surface area contributed by atoms with Gasteiger partial charge in [0.1, 0.15) is 5.78 Å². The van der Waals surface area contributed by atoms with E-state index in [1.165, 1.54) is 6.92 Å². The van der Waals surface area contributed by atoms with Gasteiger partial charge in [-0.3, -0.25) is 9.59 Å². The van der Waals surface area contributed by atoms with Crippen LogP contribution in [0.15, 0.2) is 24.3 Å². The maximum Gasteiger partial charge on any atom is 0.230 e. The first kappa shape index (κ1) is 13.1. The third-order valence-corrected chi connectivity index (χ3v) is 3.44. The largest absolute Gasteiger partial charge is 0.335 e. The molecule has 0 saturated carbocycles. The lowest BCUT2D eigenvalue weighted by molar-refractivity contribution is -0.135. The standard InChI is InChI=1S/C14H16ClNO2/c1-10(17)8-14(18)16-7-3-6-13(16)11-4-2-5-12(15)9-11/h2,4-5,9,13H,3,6-8H2,1H3. The van der Waals surface area contributed by atoms with E-state index in [0.29, 0.717) is 5.02 Å². The molecule has 1 aliphatic rings. The second-order valence-electron chi connectivity index (χ2n) is 4.68. The number of likely N-dealkylation sites (tertiary alicyclic amines) is 1. The molecule has 2 rings (SSSR count). The molecule has 1 fully saturated rings. The first-order valence-electron chi connectivity index (χ1n) is 6.12. The number of carbonyl (C=O) groups excluding carboxylic acids is 2. The Morgan fingerprint density at radius 2 is 2.22 bits per heavy atom. The van der Waals surface area contributed by atoms with Crippen LogP contribution in [0.25, 0.3) is 0 Å². The third-order valence-electron chi connectivity index (χ3n) is 3.21. The Kier molecular flexibility index (Phi) is 4.02. The second kappa shape index (κ2) is 5.53. The summed E-state index contributed by atoms with van der Waals surface area (Å²) in [6.07, 6.45) is 1.90. The van der Waals surface area contributed by atoms with Crippen molar-refractivity contribution in [1.82, 2.24) is 4.90 Å². The average molecular weight is 266 g/mol. The summed E-state index contributed by atoms with van der Waals surface area (Å²) in [5, 5.41) is 0.679. The van der Waals surface area contributed by atoms with Crippen LogP contribution in [0, 0.1) is 0 Å². The van der Waals surface area contributed by atoms with Gasteiger partial charge >= 0.3 is 0 Å². The van der Waals surface area contributed by atoms with Crippen LogP contribution in [0.4, 0.5) is 0 Å². The number of halogens is 1. The normalized spacial score (nSPS) is 19.0. The van der Waals surface area contributed by atoms with E-state index in [2.05, 4.69) is 0 Å². The van der Waals surface area contributed by atoms with Crippen LogP contribution in [0.5, 0.6) is 0 Å². The molecule has 1 saturated heterocycles. The van der Waals surface area contributed by atoms with E-state index in [-0.39, 0.29) is 24.2 Å². The summed E-state index contributed by atoms with van der Waals surface area (Å²) < 4.78 is 0. The minimum Gasteiger partial charge on any atom is -0.335 e. The van der Waals surface area contributed by atoms with Crippen molar-refractivity contribution in [2.45, 2.75) is 32.2 Å². The van der Waals surface area contributed by atoms with Crippen molar-refractivity contribution >= 4 is 23.3 Å². The molecule has 0 bridgehead atoms. The fourth-order valence-corrected chi connectivity index (χ4v) is 2.64. The molecule has 1 aromatic rings. The molecular weight excluding hydrogens is 250 g/mol. The van der Waals surface area contributed by atoms with E-state index in [4.69, 9.17) is 11.6 Å². The molecule has 1 unspecified atom stereocenters. The maximum absolute atomic E-state index is 12.0. The monoisotopic (exact) mass is 265 g/mol. The van der Waals surface area contributed by atoms with Gasteiger partial charge in [-0.05, 0) is 37.5 Å². The number of carbonyl (C=O) groups is 2. The van der Waals surface area contributed by atoms with Crippen LogP contribution < -0.4 is 0 Å². The van der Waals surface area contributed by atoms with Crippen LogP contribution >= 0.6 is 11.6 Å². The molecule has 1 aromatic carbocycles. The zero-order valence-electron chi connectivity index (χ0n) is 10.4. The summed E-state index contributed by atoms with van der Waals surface area (Å²) in [5.41, 5.74) is 1.05. The van der Waals surface area contributed by atoms with Crippen molar-refractivity contribution < 1.29 is 9.59 Å². The van der Waals surface area contributed by atoms with E-state index in [9.17, 15) is 9.59 Å². The highest BCUT2D eigenvalue weighted by atomic mass is 35.5. The Morgan fingerprint density at radius 1 is 1.44 bits per heavy atom. The molecule has 1 atom stereocenters. The van der Waals surface area contributed by atoms with Gasteiger partial charge in [-0.2, -0.15) is 0 Å². The molecule has 0 N–H and O–H groups in total. The predicted octanol–water partition coefficient (Wildman–Crippen LogP) is 2.98. The van der Waals surface area contributed by atoms with Gasteiger partial charge in [0, 0.05) is 11.6 Å². The minimum absolute atomic E-state index is 0.00291. The Hall–Kier alpha value is -1.35. The van der Waals surface area contributed by atoms with Crippen molar-refractivity contribution in [3.05, 3.63) is 34.9 Å². The van der Waals surface area contributed by atoms with Gasteiger partial charge in [-0.1, -0.05) is 23.7 Å². The highest BCUT2D eigenvalue weighted by molar-refractivity contribution is 6.30. The van der Waals surface area contributed by atoms with E-state index < -0.39 is 0 Å². The number of amides is 1. The Morgan fingerprint density at radius 3 is 2.89 bits per heavy atom. The lowest BCUT2D eigenvalue weighted by Crippen LogP contribution is -2.31. The fraction of sp³-hybridized carbons (Fsp3) is 0.429. The van der Waals surface area contributed by atoms with E-state index >= 15 is 0 Å². The number of benzene rings is 1. The van der Waals surface area contributed by atoms with Crippen LogP contribution in [0.3, 0.4) is 0 Å². The number of Topliss-reactive ketones (excluding diaryl/α,β-unsaturated/α-hetero) is 1. The van der Waals surface area contributed by atoms with Crippen molar-refractivity contribution in [1.29, 1.82) is 0 Å². The predicted molar refractivity (Wildman–Crippen MR) is 70.4 cm³/mol. The quantitative estimate of drug-likeness (QED) is 0.788. The van der Waals surface area contributed by atoms with E-state index in [0.717, 1.165) is 24.9 Å². The molecule has 4 heteroatoms. The molecule has 1 amide bonds. The van der Waals surface area contributed by atoms with Crippen molar-refractivity contribution in [3.63, 3.8) is 0 Å². The Labute approximate surface area is 112 Å². The first-order valence-corrected chi connectivity index (χ1v) is 6.50. The summed E-state index contributed by atoms with van der Waals surface area (Å²) >= 11 is 5.98. The van der Waals surface area contributed by atoms with Gasteiger partial charge in [-0.15, -0.1) is 0 Å². The molecule has 0 aromatic heterocycles. The average Bonchev–Trinajstić information content (AvgIpc) is 2.76. The zero-order chi connectivity index (χ0) is 13.1. The smallest absolute Gasteiger partial charge is 0.230 e.